The maximum atomic E-state index is 4.65. The molecule has 1 aromatic carbocycles. The second-order valence-corrected chi connectivity index (χ2v) is 8.92. The summed E-state index contributed by atoms with van der Waals surface area (Å²) in [4.78, 5) is 24.9. The van der Waals surface area contributed by atoms with Gasteiger partial charge < -0.3 is 14.9 Å². The van der Waals surface area contributed by atoms with Crippen LogP contribution < -0.4 is 0 Å². The van der Waals surface area contributed by atoms with E-state index in [4.69, 9.17) is 0 Å². The van der Waals surface area contributed by atoms with Crippen LogP contribution in [0.25, 0.3) is 0 Å². The third kappa shape index (κ3) is 8.54. The van der Waals surface area contributed by atoms with E-state index in [1.165, 1.54) is 44.5 Å². The molecule has 0 aliphatic rings. The van der Waals surface area contributed by atoms with Crippen LogP contribution >= 0.6 is 0 Å². The Labute approximate surface area is 204 Å². The molecule has 1 atom stereocenters. The minimum Gasteiger partial charge on any atom is -0.348 e. The average Bonchev–Trinajstić information content (AvgIpc) is 3.56. The van der Waals surface area contributed by atoms with Crippen LogP contribution in [0.2, 0.25) is 0 Å². The first-order chi connectivity index (χ1) is 16.7. The summed E-state index contributed by atoms with van der Waals surface area (Å²) < 4.78 is 0. The Kier molecular flexibility index (Phi) is 11.0. The van der Waals surface area contributed by atoms with Gasteiger partial charge >= 0.3 is 0 Å². The maximum absolute atomic E-state index is 4.65. The van der Waals surface area contributed by atoms with Gasteiger partial charge in [0, 0.05) is 44.1 Å². The maximum Gasteiger partial charge on any atom is 0.123 e. The highest BCUT2D eigenvalue weighted by molar-refractivity contribution is 5.79. The number of H-pyrrole nitrogens is 2. The summed E-state index contributed by atoms with van der Waals surface area (Å²) in [5.74, 6) is 1.91. The molecule has 1 unspecified atom stereocenters. The number of unbranched alkanes of at least 4 members (excludes halogenated alkanes) is 1. The lowest BCUT2D eigenvalue weighted by molar-refractivity contribution is 0.181. The van der Waals surface area contributed by atoms with Gasteiger partial charge in [-0.25, -0.2) is 9.97 Å². The normalized spacial score (nSPS) is 12.9. The second kappa shape index (κ2) is 14.5. The van der Waals surface area contributed by atoms with E-state index in [9.17, 15) is 0 Å². The van der Waals surface area contributed by atoms with Gasteiger partial charge in [0.15, 0.2) is 0 Å². The number of imidazole rings is 2. The molecule has 0 amide bonds. The highest BCUT2D eigenvalue weighted by Gasteiger charge is 2.19. The van der Waals surface area contributed by atoms with Gasteiger partial charge in [0.25, 0.3) is 0 Å². The van der Waals surface area contributed by atoms with E-state index in [-0.39, 0.29) is 6.04 Å². The van der Waals surface area contributed by atoms with Crippen LogP contribution in [0.1, 0.15) is 75.3 Å². The van der Waals surface area contributed by atoms with Crippen LogP contribution in [0.3, 0.4) is 0 Å². The first kappa shape index (κ1) is 25.8. The molecule has 34 heavy (non-hydrogen) atoms. The summed E-state index contributed by atoms with van der Waals surface area (Å²) in [5, 5.41) is 0. The smallest absolute Gasteiger partial charge is 0.123 e. The second-order valence-electron chi connectivity index (χ2n) is 8.92. The minimum atomic E-state index is 0.145. The molecular formula is C27H41N7. The zero-order valence-corrected chi connectivity index (χ0v) is 21.1. The largest absolute Gasteiger partial charge is 0.348 e. The molecule has 184 valence electrons. The van der Waals surface area contributed by atoms with Crippen molar-refractivity contribution >= 4 is 6.21 Å². The molecule has 0 saturated heterocycles. The van der Waals surface area contributed by atoms with Crippen molar-refractivity contribution in [2.24, 2.45) is 4.99 Å². The Morgan fingerprint density at radius 1 is 0.912 bits per heavy atom. The van der Waals surface area contributed by atoms with Gasteiger partial charge in [0.2, 0.25) is 0 Å². The van der Waals surface area contributed by atoms with Gasteiger partial charge in [0.1, 0.15) is 11.6 Å². The van der Waals surface area contributed by atoms with E-state index < -0.39 is 0 Å². The zero-order valence-electron chi connectivity index (χ0n) is 21.1. The molecule has 7 nitrogen and oxygen atoms in total. The van der Waals surface area contributed by atoms with E-state index in [2.05, 4.69) is 79.8 Å². The fourth-order valence-corrected chi connectivity index (χ4v) is 4.21. The van der Waals surface area contributed by atoms with Gasteiger partial charge in [-0.05, 0) is 63.4 Å². The first-order valence-electron chi connectivity index (χ1n) is 12.7. The van der Waals surface area contributed by atoms with E-state index in [0.29, 0.717) is 0 Å². The topological polar surface area (TPSA) is 76.2 Å². The quantitative estimate of drug-likeness (QED) is 0.226. The van der Waals surface area contributed by atoms with Gasteiger partial charge in [-0.2, -0.15) is 0 Å². The lowest BCUT2D eigenvalue weighted by Crippen LogP contribution is -2.27. The number of hydrogen-bond donors (Lipinski definition) is 2. The summed E-state index contributed by atoms with van der Waals surface area (Å²) in [6, 6.07) is 8.85. The van der Waals surface area contributed by atoms with E-state index in [1.807, 2.05) is 18.6 Å². The van der Waals surface area contributed by atoms with Gasteiger partial charge in [-0.15, -0.1) is 0 Å². The number of aliphatic imine (C=N–C) groups is 1. The molecule has 0 aliphatic heterocycles. The zero-order chi connectivity index (χ0) is 24.0. The Bertz CT molecular complexity index is 911. The third-order valence-corrected chi connectivity index (χ3v) is 6.07. The lowest BCUT2D eigenvalue weighted by Gasteiger charge is -2.27. The fourth-order valence-electron chi connectivity index (χ4n) is 4.21. The minimum absolute atomic E-state index is 0.145. The molecule has 0 fully saturated rings. The first-order valence-corrected chi connectivity index (χ1v) is 12.7. The molecule has 2 heterocycles. The Morgan fingerprint density at radius 2 is 1.65 bits per heavy atom. The van der Waals surface area contributed by atoms with Crippen LogP contribution in [0.4, 0.5) is 0 Å². The molecule has 0 saturated carbocycles. The summed E-state index contributed by atoms with van der Waals surface area (Å²) >= 11 is 0. The van der Waals surface area contributed by atoms with Crippen LogP contribution in [0.15, 0.2) is 54.0 Å². The SMILES string of the molecule is CCCN(CCC)CCCCN=Cc1ccc(CN(Cc2ncc[nH]2)C(C)c2ncc[nH]2)cc1. The summed E-state index contributed by atoms with van der Waals surface area (Å²) in [6.45, 7) is 12.7. The number of nitrogens with zero attached hydrogens (tertiary/aromatic N) is 5. The molecule has 7 heteroatoms. The molecule has 2 N–H and O–H groups in total. The van der Waals surface area contributed by atoms with E-state index >= 15 is 0 Å². The molecule has 0 bridgehead atoms. The van der Waals surface area contributed by atoms with Crippen molar-refractivity contribution in [3.05, 3.63) is 71.8 Å². The molecule has 3 aromatic rings. The number of rotatable bonds is 16. The Hall–Kier alpha value is -2.77. The Morgan fingerprint density at radius 3 is 2.29 bits per heavy atom. The Balaban J connectivity index is 1.49. The molecule has 3 rings (SSSR count). The van der Waals surface area contributed by atoms with Crippen molar-refractivity contribution in [1.29, 1.82) is 0 Å². The predicted molar refractivity (Wildman–Crippen MR) is 140 cm³/mol. The van der Waals surface area contributed by atoms with Crippen molar-refractivity contribution in [2.75, 3.05) is 26.2 Å². The molecule has 2 aromatic heterocycles. The summed E-state index contributed by atoms with van der Waals surface area (Å²) in [7, 11) is 0. The molecule has 0 radical (unpaired) electrons. The molecular weight excluding hydrogens is 422 g/mol. The average molecular weight is 464 g/mol. The highest BCUT2D eigenvalue weighted by Crippen LogP contribution is 2.21. The van der Waals surface area contributed by atoms with Crippen molar-refractivity contribution in [1.82, 2.24) is 29.7 Å². The van der Waals surface area contributed by atoms with Crippen molar-refractivity contribution < 1.29 is 0 Å². The molecule has 0 spiro atoms. The number of aromatic nitrogens is 4. The lowest BCUT2D eigenvalue weighted by atomic mass is 10.1. The predicted octanol–water partition coefficient (Wildman–Crippen LogP) is 5.22. The summed E-state index contributed by atoms with van der Waals surface area (Å²) in [6.07, 6.45) is 14.2. The van der Waals surface area contributed by atoms with Crippen LogP contribution in [0, 0.1) is 0 Å². The number of aromatic amines is 2. The van der Waals surface area contributed by atoms with Gasteiger partial charge in [0.05, 0.1) is 12.6 Å². The van der Waals surface area contributed by atoms with Crippen LogP contribution in [-0.2, 0) is 13.1 Å². The van der Waals surface area contributed by atoms with Crippen molar-refractivity contribution in [2.45, 2.75) is 65.6 Å². The number of benzene rings is 1. The standard InChI is InChI=1S/C27H41N7/c1-4-17-33(18-5-2)19-7-6-12-28-20-24-8-10-25(11-9-24)21-34(22-26-29-13-14-30-26)23(3)27-31-15-16-32-27/h8-11,13-16,20,23H,4-7,12,17-19,21-22H2,1-3H3,(H,29,30)(H,31,32). The number of hydrogen-bond acceptors (Lipinski definition) is 5. The van der Waals surface area contributed by atoms with Crippen molar-refractivity contribution in [3.63, 3.8) is 0 Å². The van der Waals surface area contributed by atoms with Crippen molar-refractivity contribution in [3.8, 4) is 0 Å². The fraction of sp³-hybridized carbons (Fsp3) is 0.519. The molecule has 0 aliphatic carbocycles. The third-order valence-electron chi connectivity index (χ3n) is 6.07. The monoisotopic (exact) mass is 463 g/mol. The highest BCUT2D eigenvalue weighted by atomic mass is 15.2. The van der Waals surface area contributed by atoms with Crippen LogP contribution in [-0.4, -0.2) is 62.1 Å². The van der Waals surface area contributed by atoms with E-state index in [1.54, 1.807) is 12.4 Å². The number of nitrogens with one attached hydrogen (secondary N) is 2. The summed E-state index contributed by atoms with van der Waals surface area (Å²) in [5.41, 5.74) is 2.41. The van der Waals surface area contributed by atoms with E-state index in [0.717, 1.165) is 43.3 Å². The van der Waals surface area contributed by atoms with Gasteiger partial charge in [-0.3, -0.25) is 9.89 Å². The van der Waals surface area contributed by atoms with Crippen LogP contribution in [0.5, 0.6) is 0 Å². The van der Waals surface area contributed by atoms with Gasteiger partial charge in [-0.1, -0.05) is 38.1 Å².